The highest BCUT2D eigenvalue weighted by Gasteiger charge is 2.55. The number of fused-ring (bicyclic) bond motifs is 6. The Labute approximate surface area is 360 Å². The fourth-order valence-corrected chi connectivity index (χ4v) is 8.10. The van der Waals surface area contributed by atoms with Crippen LogP contribution < -0.4 is 19.5 Å². The molecule has 1 spiro atoms. The van der Waals surface area contributed by atoms with Crippen molar-refractivity contribution in [3.63, 3.8) is 0 Å². The van der Waals surface area contributed by atoms with Crippen molar-refractivity contribution in [1.82, 2.24) is 10.2 Å². The minimum absolute atomic E-state index is 0.0232. The smallest absolute Gasteiger partial charge is 0.340 e. The molecule has 20 heteroatoms. The SMILES string of the molecule is C[C@H](O)C(CO)OC(Oc1cc2c(cc1Cl)C1(OC(=O)c3cc(C(=O)NCCCN4CCOCC4)ccc31)c1cc(Cl)c(OC[C@@H]3OC(CO)C(O)C3O)cc1O2)[C@H](O)CO. The number of aliphatic hydroxyl groups excluding tert-OH is 7. The number of carbonyl (C=O) groups is 2. The van der Waals surface area contributed by atoms with Crippen LogP contribution in [0, 0.1) is 0 Å². The van der Waals surface area contributed by atoms with E-state index >= 15 is 0 Å². The highest BCUT2D eigenvalue weighted by atomic mass is 35.5. The molecule has 6 unspecified atom stereocenters. The molecule has 0 radical (unpaired) electrons. The molecular weight excluding hydrogens is 847 g/mol. The van der Waals surface area contributed by atoms with Crippen molar-refractivity contribution in [2.24, 2.45) is 0 Å². The van der Waals surface area contributed by atoms with E-state index in [-0.39, 0.29) is 61.9 Å². The number of rotatable bonds is 17. The maximum atomic E-state index is 14.0. The molecule has 0 aromatic heterocycles. The van der Waals surface area contributed by atoms with Gasteiger partial charge in [-0.1, -0.05) is 29.3 Å². The third-order valence-electron chi connectivity index (χ3n) is 11.0. The number of esters is 1. The summed E-state index contributed by atoms with van der Waals surface area (Å²) in [7, 11) is 0. The summed E-state index contributed by atoms with van der Waals surface area (Å²) in [6.07, 6.45) is -9.80. The predicted octanol–water partition coefficient (Wildman–Crippen LogP) is 0.690. The quantitative estimate of drug-likeness (QED) is 0.0527. The molecule has 0 aliphatic carbocycles. The van der Waals surface area contributed by atoms with E-state index in [1.807, 2.05) is 0 Å². The first-order chi connectivity index (χ1) is 29.3. The number of ether oxygens (including phenoxy) is 7. The van der Waals surface area contributed by atoms with Crippen molar-refractivity contribution in [2.45, 2.75) is 68.0 Å². The fourth-order valence-electron chi connectivity index (χ4n) is 7.67. The zero-order chi connectivity index (χ0) is 43.6. The number of nitrogens with zero attached hydrogens (tertiary/aromatic N) is 1. The van der Waals surface area contributed by atoms with Gasteiger partial charge < -0.3 is 74.2 Å². The van der Waals surface area contributed by atoms with Gasteiger partial charge in [-0.25, -0.2) is 4.79 Å². The second-order valence-electron chi connectivity index (χ2n) is 15.1. The van der Waals surface area contributed by atoms with Crippen molar-refractivity contribution in [2.75, 3.05) is 65.8 Å². The van der Waals surface area contributed by atoms with Gasteiger partial charge in [-0.15, -0.1) is 0 Å². The Hall–Kier alpha value is -3.86. The Bertz CT molecular complexity index is 2070. The van der Waals surface area contributed by atoms with E-state index in [1.54, 1.807) is 12.1 Å². The normalized spacial score (nSPS) is 25.1. The highest BCUT2D eigenvalue weighted by molar-refractivity contribution is 6.32. The van der Waals surface area contributed by atoms with Crippen molar-refractivity contribution in [3.05, 3.63) is 80.3 Å². The molecule has 2 saturated heterocycles. The molecule has 4 aliphatic heterocycles. The van der Waals surface area contributed by atoms with Crippen LogP contribution in [0.4, 0.5) is 0 Å². The number of carbonyl (C=O) groups excluding carboxylic acids is 2. The van der Waals surface area contributed by atoms with Crippen LogP contribution in [-0.4, -0.2) is 167 Å². The minimum Gasteiger partial charge on any atom is -0.489 e. The lowest BCUT2D eigenvalue weighted by Crippen LogP contribution is -2.44. The third-order valence-corrected chi connectivity index (χ3v) is 11.6. The second-order valence-corrected chi connectivity index (χ2v) is 15.9. The molecule has 18 nitrogen and oxygen atoms in total. The lowest BCUT2D eigenvalue weighted by atomic mass is 9.77. The first-order valence-electron chi connectivity index (χ1n) is 19.8. The molecule has 4 heterocycles. The van der Waals surface area contributed by atoms with E-state index in [1.165, 1.54) is 37.3 Å². The van der Waals surface area contributed by atoms with E-state index in [2.05, 4.69) is 10.2 Å². The zero-order valence-electron chi connectivity index (χ0n) is 32.9. The number of morpholine rings is 1. The van der Waals surface area contributed by atoms with Crippen LogP contribution in [0.15, 0.2) is 42.5 Å². The number of halogens is 2. The van der Waals surface area contributed by atoms with Gasteiger partial charge in [-0.05, 0) is 44.2 Å². The van der Waals surface area contributed by atoms with Crippen LogP contribution in [0.2, 0.25) is 10.0 Å². The summed E-state index contributed by atoms with van der Waals surface area (Å²) >= 11 is 13.6. The molecule has 8 N–H and O–H groups in total. The largest absolute Gasteiger partial charge is 0.489 e. The van der Waals surface area contributed by atoms with Gasteiger partial charge in [-0.3, -0.25) is 9.69 Å². The monoisotopic (exact) mass is 894 g/mol. The van der Waals surface area contributed by atoms with Crippen molar-refractivity contribution in [3.8, 4) is 23.0 Å². The first kappa shape index (κ1) is 45.2. The fraction of sp³-hybridized carbons (Fsp3) is 0.512. The van der Waals surface area contributed by atoms with Gasteiger partial charge in [-0.2, -0.15) is 0 Å². The standard InChI is InChI=1S/C41H48Cl2N2O16/c1-20(49)33(17-47)60-40(28(50)16-46)59-32-15-30-25(13-27(32)43)41(24-12-26(42)31(14-29(24)57-30)56-19-35-37(52)36(51)34(18-48)58-35)23-4-3-21(11-22(23)39(54)61-41)38(53)44-5-2-6-45-7-9-55-10-8-45/h3-4,11-15,20,28,33-37,40,46-52H,2,5-10,16-19H2,1H3,(H,44,53)/t20-,28+,33?,34?,35-,36?,37?,40?,41?/m0/s1. The number of hydrogen-bond acceptors (Lipinski definition) is 17. The van der Waals surface area contributed by atoms with Crippen molar-refractivity contribution in [1.29, 1.82) is 0 Å². The van der Waals surface area contributed by atoms with Gasteiger partial charge in [0, 0.05) is 54.0 Å². The average Bonchev–Trinajstić information content (AvgIpc) is 3.71. The molecule has 0 saturated carbocycles. The lowest BCUT2D eigenvalue weighted by molar-refractivity contribution is -0.205. The predicted molar refractivity (Wildman–Crippen MR) is 213 cm³/mol. The van der Waals surface area contributed by atoms with Crippen molar-refractivity contribution >= 4 is 35.1 Å². The zero-order valence-corrected chi connectivity index (χ0v) is 34.5. The maximum absolute atomic E-state index is 14.0. The molecule has 3 aromatic carbocycles. The van der Waals surface area contributed by atoms with E-state index in [4.69, 9.17) is 56.4 Å². The Morgan fingerprint density at radius 3 is 2.25 bits per heavy atom. The lowest BCUT2D eigenvalue weighted by Gasteiger charge is -2.37. The molecule has 61 heavy (non-hydrogen) atoms. The summed E-state index contributed by atoms with van der Waals surface area (Å²) in [5.74, 6) is -1.17. The molecule has 2 fully saturated rings. The third kappa shape index (κ3) is 9.15. The highest BCUT2D eigenvalue weighted by Crippen LogP contribution is 2.59. The number of benzene rings is 3. The van der Waals surface area contributed by atoms with Crippen LogP contribution in [-0.2, 0) is 24.5 Å². The number of hydrogen-bond donors (Lipinski definition) is 8. The van der Waals surface area contributed by atoms with Crippen LogP contribution in [0.3, 0.4) is 0 Å². The van der Waals surface area contributed by atoms with Crippen molar-refractivity contribution < 1.29 is 78.5 Å². The summed E-state index contributed by atoms with van der Waals surface area (Å²) in [6.45, 7) is 3.23. The molecule has 1 amide bonds. The molecule has 7 rings (SSSR count). The van der Waals surface area contributed by atoms with Crippen LogP contribution in [0.25, 0.3) is 0 Å². The summed E-state index contributed by atoms with van der Waals surface area (Å²) in [4.78, 5) is 29.6. The van der Waals surface area contributed by atoms with Gasteiger partial charge >= 0.3 is 5.97 Å². The summed E-state index contributed by atoms with van der Waals surface area (Å²) < 4.78 is 41.1. The van der Waals surface area contributed by atoms with Crippen LogP contribution >= 0.6 is 23.2 Å². The first-order valence-corrected chi connectivity index (χ1v) is 20.5. The van der Waals surface area contributed by atoms with Gasteiger partial charge in [0.2, 0.25) is 6.29 Å². The van der Waals surface area contributed by atoms with E-state index in [9.17, 15) is 45.3 Å². The molecule has 4 aliphatic rings. The number of nitrogens with one attached hydrogen (secondary N) is 1. The summed E-state index contributed by atoms with van der Waals surface area (Å²) in [5.41, 5.74) is -0.741. The van der Waals surface area contributed by atoms with E-state index in [0.29, 0.717) is 31.7 Å². The Morgan fingerprint density at radius 1 is 0.934 bits per heavy atom. The number of aliphatic hydroxyl groups is 7. The second kappa shape index (κ2) is 19.3. The topological polar surface area (TPSA) is 256 Å². The van der Waals surface area contributed by atoms with Gasteiger partial charge in [0.25, 0.3) is 5.91 Å². The van der Waals surface area contributed by atoms with Crippen LogP contribution in [0.1, 0.15) is 50.8 Å². The summed E-state index contributed by atoms with van der Waals surface area (Å²) in [6, 6.07) is 10.2. The maximum Gasteiger partial charge on any atom is 0.340 e. The van der Waals surface area contributed by atoms with Gasteiger partial charge in [0.05, 0.1) is 54.7 Å². The van der Waals surface area contributed by atoms with Gasteiger partial charge in [0.1, 0.15) is 66.2 Å². The Morgan fingerprint density at radius 2 is 1.61 bits per heavy atom. The molecular formula is C41H48Cl2N2O16. The number of amides is 1. The molecule has 3 aromatic rings. The van der Waals surface area contributed by atoms with Gasteiger partial charge in [0.15, 0.2) is 5.60 Å². The van der Waals surface area contributed by atoms with E-state index in [0.717, 1.165) is 19.6 Å². The van der Waals surface area contributed by atoms with E-state index < -0.39 is 86.3 Å². The molecule has 0 bridgehead atoms. The Kier molecular flexibility index (Phi) is 14.3. The molecule has 332 valence electrons. The molecule has 9 atom stereocenters. The van der Waals surface area contributed by atoms with Crippen LogP contribution in [0.5, 0.6) is 23.0 Å². The summed E-state index contributed by atoms with van der Waals surface area (Å²) in [5, 5.41) is 73.3. The average molecular weight is 896 g/mol. The minimum atomic E-state index is -1.79. The Balaban J connectivity index is 1.24.